The van der Waals surface area contributed by atoms with Gasteiger partial charge >= 0.3 is 0 Å². The molecule has 6 nitrogen and oxygen atoms in total. The van der Waals surface area contributed by atoms with Gasteiger partial charge in [-0.1, -0.05) is 35.3 Å². The fraction of sp³-hybridized carbons (Fsp3) is 0.167. The number of rotatable bonds is 4. The molecular formula is C24H18Cl2FN3O3S. The zero-order chi connectivity index (χ0) is 24.0. The molecule has 5 rings (SSSR count). The molecule has 1 N–H and O–H groups in total. The smallest absolute Gasteiger partial charge is 0.251 e. The van der Waals surface area contributed by atoms with Crippen LogP contribution in [0.15, 0.2) is 60.7 Å². The number of carbonyl (C=O) groups excluding carboxylic acids is 1. The highest BCUT2D eigenvalue weighted by Crippen LogP contribution is 2.37. The van der Waals surface area contributed by atoms with E-state index in [4.69, 9.17) is 28.3 Å². The van der Waals surface area contributed by atoms with E-state index < -0.39 is 15.9 Å². The second-order valence-corrected chi connectivity index (χ2v) is 11.2. The number of amides is 1. The fourth-order valence-electron chi connectivity index (χ4n) is 4.10. The standard InChI is InChI=1S/C24H18Cl2FN3O3S/c25-20-3-1-2-19(22(20)26)23-18-9-4-14(24(31)28-16-10-11-34(32,33)13-16)12-21(18)30(29-23)17-7-5-15(27)6-8-17/h1-9,12,16H,10-11,13H2,(H,28,31). The summed E-state index contributed by atoms with van der Waals surface area (Å²) in [6.07, 6.45) is 0.390. The summed E-state index contributed by atoms with van der Waals surface area (Å²) < 4.78 is 38.6. The first-order valence-corrected chi connectivity index (χ1v) is 13.0. The van der Waals surface area contributed by atoms with Crippen LogP contribution in [0.4, 0.5) is 4.39 Å². The number of halogens is 3. The minimum absolute atomic E-state index is 0.0636. The Bertz CT molecular complexity index is 1540. The van der Waals surface area contributed by atoms with Crippen molar-refractivity contribution in [3.63, 3.8) is 0 Å². The first-order valence-electron chi connectivity index (χ1n) is 10.5. The highest BCUT2D eigenvalue weighted by Gasteiger charge is 2.29. The molecule has 34 heavy (non-hydrogen) atoms. The lowest BCUT2D eigenvalue weighted by Crippen LogP contribution is -2.35. The Morgan fingerprint density at radius 3 is 2.56 bits per heavy atom. The minimum atomic E-state index is -3.12. The Balaban J connectivity index is 1.62. The molecule has 1 unspecified atom stereocenters. The quantitative estimate of drug-likeness (QED) is 0.410. The average molecular weight is 518 g/mol. The van der Waals surface area contributed by atoms with Crippen LogP contribution in [-0.2, 0) is 9.84 Å². The summed E-state index contributed by atoms with van der Waals surface area (Å²) in [5.41, 5.74) is 2.72. The summed E-state index contributed by atoms with van der Waals surface area (Å²) >= 11 is 12.7. The molecule has 1 saturated heterocycles. The molecule has 10 heteroatoms. The molecule has 1 atom stereocenters. The number of sulfone groups is 1. The summed E-state index contributed by atoms with van der Waals surface area (Å²) in [5.74, 6) is -0.757. The summed E-state index contributed by atoms with van der Waals surface area (Å²) in [6, 6.07) is 15.7. The normalized spacial score (nSPS) is 17.2. The van der Waals surface area contributed by atoms with E-state index in [0.717, 1.165) is 0 Å². The van der Waals surface area contributed by atoms with Crippen LogP contribution in [0.3, 0.4) is 0 Å². The van der Waals surface area contributed by atoms with E-state index >= 15 is 0 Å². The largest absolute Gasteiger partial charge is 0.348 e. The number of hydrogen-bond donors (Lipinski definition) is 1. The van der Waals surface area contributed by atoms with Crippen LogP contribution < -0.4 is 5.32 Å². The Labute approximate surface area is 205 Å². The van der Waals surface area contributed by atoms with Crippen LogP contribution >= 0.6 is 23.2 Å². The average Bonchev–Trinajstić information content (AvgIpc) is 3.35. The number of benzene rings is 3. The van der Waals surface area contributed by atoms with Crippen LogP contribution in [-0.4, -0.2) is 41.7 Å². The predicted molar refractivity (Wildman–Crippen MR) is 131 cm³/mol. The Morgan fingerprint density at radius 1 is 1.09 bits per heavy atom. The molecule has 4 aromatic rings. The van der Waals surface area contributed by atoms with Crippen molar-refractivity contribution in [2.24, 2.45) is 0 Å². The van der Waals surface area contributed by atoms with Gasteiger partial charge in [0, 0.05) is 22.6 Å². The van der Waals surface area contributed by atoms with Crippen molar-refractivity contribution in [3.05, 3.63) is 82.1 Å². The summed E-state index contributed by atoms with van der Waals surface area (Å²) in [4.78, 5) is 12.9. The summed E-state index contributed by atoms with van der Waals surface area (Å²) in [7, 11) is -3.12. The lowest BCUT2D eigenvalue weighted by molar-refractivity contribution is 0.0941. The van der Waals surface area contributed by atoms with Crippen molar-refractivity contribution in [3.8, 4) is 16.9 Å². The van der Waals surface area contributed by atoms with Gasteiger partial charge in [0.25, 0.3) is 5.91 Å². The lowest BCUT2D eigenvalue weighted by Gasteiger charge is -2.11. The number of hydrogen-bond acceptors (Lipinski definition) is 4. The van der Waals surface area contributed by atoms with Crippen LogP contribution in [0, 0.1) is 5.82 Å². The molecule has 0 aliphatic carbocycles. The van der Waals surface area contributed by atoms with Gasteiger partial charge in [0.05, 0.1) is 32.8 Å². The van der Waals surface area contributed by atoms with Gasteiger partial charge < -0.3 is 5.32 Å². The van der Waals surface area contributed by atoms with E-state index in [2.05, 4.69) is 5.32 Å². The molecule has 0 bridgehead atoms. The Morgan fingerprint density at radius 2 is 1.85 bits per heavy atom. The first-order chi connectivity index (χ1) is 16.2. The number of aromatic nitrogens is 2. The molecular weight excluding hydrogens is 500 g/mol. The molecule has 2 heterocycles. The third-order valence-electron chi connectivity index (χ3n) is 5.79. The number of carbonyl (C=O) groups is 1. The van der Waals surface area contributed by atoms with Crippen molar-refractivity contribution >= 4 is 49.8 Å². The molecule has 1 aromatic heterocycles. The van der Waals surface area contributed by atoms with Crippen LogP contribution in [0.25, 0.3) is 27.8 Å². The molecule has 1 aliphatic rings. The zero-order valence-electron chi connectivity index (χ0n) is 17.6. The number of fused-ring (bicyclic) bond motifs is 1. The van der Waals surface area contributed by atoms with Gasteiger partial charge in [0.1, 0.15) is 11.5 Å². The fourth-order valence-corrected chi connectivity index (χ4v) is 6.16. The molecule has 0 spiro atoms. The van der Waals surface area contributed by atoms with Gasteiger partial charge in [-0.25, -0.2) is 17.5 Å². The van der Waals surface area contributed by atoms with E-state index in [1.54, 1.807) is 53.2 Å². The monoisotopic (exact) mass is 517 g/mol. The lowest BCUT2D eigenvalue weighted by atomic mass is 10.1. The summed E-state index contributed by atoms with van der Waals surface area (Å²) in [5, 5.41) is 8.97. The van der Waals surface area contributed by atoms with Crippen molar-refractivity contribution in [1.29, 1.82) is 0 Å². The van der Waals surface area contributed by atoms with Crippen LogP contribution in [0.2, 0.25) is 10.0 Å². The zero-order valence-corrected chi connectivity index (χ0v) is 20.0. The molecule has 0 saturated carbocycles. The maximum absolute atomic E-state index is 13.5. The highest BCUT2D eigenvalue weighted by molar-refractivity contribution is 7.91. The van der Waals surface area contributed by atoms with Gasteiger partial charge in [-0.2, -0.15) is 5.10 Å². The van der Waals surface area contributed by atoms with Gasteiger partial charge in [0.15, 0.2) is 9.84 Å². The van der Waals surface area contributed by atoms with E-state index in [-0.39, 0.29) is 23.2 Å². The van der Waals surface area contributed by atoms with Gasteiger partial charge in [-0.15, -0.1) is 0 Å². The maximum Gasteiger partial charge on any atom is 0.251 e. The number of nitrogens with zero attached hydrogens (tertiary/aromatic N) is 2. The van der Waals surface area contributed by atoms with E-state index in [0.29, 0.717) is 49.9 Å². The van der Waals surface area contributed by atoms with Crippen molar-refractivity contribution in [1.82, 2.24) is 15.1 Å². The molecule has 3 aromatic carbocycles. The molecule has 1 aliphatic heterocycles. The topological polar surface area (TPSA) is 81.1 Å². The maximum atomic E-state index is 13.5. The van der Waals surface area contributed by atoms with Crippen LogP contribution in [0.1, 0.15) is 16.8 Å². The van der Waals surface area contributed by atoms with Crippen molar-refractivity contribution < 1.29 is 17.6 Å². The van der Waals surface area contributed by atoms with E-state index in [1.165, 1.54) is 12.1 Å². The molecule has 1 fully saturated rings. The third-order valence-corrected chi connectivity index (χ3v) is 8.38. The van der Waals surface area contributed by atoms with E-state index in [9.17, 15) is 17.6 Å². The third kappa shape index (κ3) is 4.29. The van der Waals surface area contributed by atoms with Gasteiger partial charge in [0.2, 0.25) is 0 Å². The van der Waals surface area contributed by atoms with Crippen molar-refractivity contribution in [2.75, 3.05) is 11.5 Å². The van der Waals surface area contributed by atoms with Crippen molar-refractivity contribution in [2.45, 2.75) is 12.5 Å². The van der Waals surface area contributed by atoms with E-state index in [1.807, 2.05) is 0 Å². The van der Waals surface area contributed by atoms with Gasteiger partial charge in [-0.3, -0.25) is 4.79 Å². The predicted octanol–water partition coefficient (Wildman–Crippen LogP) is 5.06. The highest BCUT2D eigenvalue weighted by atomic mass is 35.5. The molecule has 0 radical (unpaired) electrons. The summed E-state index contributed by atoms with van der Waals surface area (Å²) in [6.45, 7) is 0. The van der Waals surface area contributed by atoms with Crippen LogP contribution in [0.5, 0.6) is 0 Å². The SMILES string of the molecule is O=C(NC1CCS(=O)(=O)C1)c1ccc2c(-c3cccc(Cl)c3Cl)nn(-c3ccc(F)cc3)c2c1. The second-order valence-electron chi connectivity index (χ2n) is 8.14. The Hall–Kier alpha value is -2.94. The molecule has 1 amide bonds. The molecule has 174 valence electrons. The minimum Gasteiger partial charge on any atom is -0.348 e. The second kappa shape index (κ2) is 8.69. The Kier molecular flexibility index (Phi) is 5.83. The number of nitrogens with one attached hydrogen (secondary N) is 1. The first kappa shape index (κ1) is 22.8. The van der Waals surface area contributed by atoms with Gasteiger partial charge in [-0.05, 0) is 55.0 Å².